The number of methoxy groups -OCH3 is 2. The molecule has 0 bridgehead atoms. The predicted octanol–water partition coefficient (Wildman–Crippen LogP) is 1.82. The minimum Gasteiger partial charge on any atom is -0.493 e. The molecule has 0 spiro atoms. The number of nitrogens with one attached hydrogen (secondary N) is 2. The topological polar surface area (TPSA) is 110 Å². The number of carbonyl (C=O) groups is 2. The average molecular weight is 381 g/mol. The van der Waals surface area contributed by atoms with Crippen molar-refractivity contribution < 1.29 is 23.8 Å². The number of rotatable bonds is 7. The number of hydrogen-bond acceptors (Lipinski definition) is 6. The van der Waals surface area contributed by atoms with Crippen molar-refractivity contribution in [1.82, 2.24) is 10.9 Å². The molecule has 0 aliphatic heterocycles. The first-order valence-electron chi connectivity index (χ1n) is 8.17. The summed E-state index contributed by atoms with van der Waals surface area (Å²) in [5.41, 5.74) is 5.71. The highest BCUT2D eigenvalue weighted by molar-refractivity contribution is 5.93. The van der Waals surface area contributed by atoms with Crippen molar-refractivity contribution >= 4 is 17.9 Å². The first-order valence-corrected chi connectivity index (χ1v) is 8.17. The van der Waals surface area contributed by atoms with E-state index in [1.165, 1.54) is 20.3 Å². The summed E-state index contributed by atoms with van der Waals surface area (Å²) in [4.78, 5) is 23.5. The van der Waals surface area contributed by atoms with Gasteiger partial charge in [0, 0.05) is 6.08 Å². The Morgan fingerprint density at radius 3 is 2.39 bits per heavy atom. The molecular formula is C20H19N3O5. The SMILES string of the molecule is COc1ccc(/C=C/C(=O)NNC(=O)COc2ccc(C#N)cc2)cc1OC. The highest BCUT2D eigenvalue weighted by atomic mass is 16.5. The Kier molecular flexibility index (Phi) is 7.43. The minimum absolute atomic E-state index is 0.286. The maximum atomic E-state index is 11.8. The third-order valence-electron chi connectivity index (χ3n) is 3.51. The van der Waals surface area contributed by atoms with Gasteiger partial charge < -0.3 is 14.2 Å². The molecule has 0 saturated heterocycles. The highest BCUT2D eigenvalue weighted by Gasteiger charge is 2.05. The fraction of sp³-hybridized carbons (Fsp3) is 0.150. The molecule has 0 unspecified atom stereocenters. The molecule has 2 aromatic carbocycles. The van der Waals surface area contributed by atoms with Gasteiger partial charge in [-0.1, -0.05) is 6.07 Å². The van der Waals surface area contributed by atoms with E-state index < -0.39 is 11.8 Å². The Bertz CT molecular complexity index is 901. The lowest BCUT2D eigenvalue weighted by atomic mass is 10.2. The number of amides is 2. The lowest BCUT2D eigenvalue weighted by Gasteiger charge is -2.08. The summed E-state index contributed by atoms with van der Waals surface area (Å²) in [6.07, 6.45) is 2.83. The third-order valence-corrected chi connectivity index (χ3v) is 3.51. The van der Waals surface area contributed by atoms with Gasteiger partial charge in [0.1, 0.15) is 5.75 Å². The molecular weight excluding hydrogens is 362 g/mol. The van der Waals surface area contributed by atoms with Crippen LogP contribution < -0.4 is 25.1 Å². The highest BCUT2D eigenvalue weighted by Crippen LogP contribution is 2.27. The monoisotopic (exact) mass is 381 g/mol. The number of hydrazine groups is 1. The predicted molar refractivity (Wildman–Crippen MR) is 102 cm³/mol. The van der Waals surface area contributed by atoms with Crippen molar-refractivity contribution in [1.29, 1.82) is 5.26 Å². The molecule has 0 saturated carbocycles. The number of benzene rings is 2. The van der Waals surface area contributed by atoms with Crippen molar-refractivity contribution in [2.45, 2.75) is 0 Å². The molecule has 0 aliphatic carbocycles. The Balaban J connectivity index is 1.78. The number of nitrogens with zero attached hydrogens (tertiary/aromatic N) is 1. The van der Waals surface area contributed by atoms with Crippen molar-refractivity contribution in [3.05, 3.63) is 59.7 Å². The molecule has 0 aromatic heterocycles. The van der Waals surface area contributed by atoms with Gasteiger partial charge in [-0.05, 0) is 48.0 Å². The van der Waals surface area contributed by atoms with Crippen LogP contribution in [0.25, 0.3) is 6.08 Å². The summed E-state index contributed by atoms with van der Waals surface area (Å²) < 4.78 is 15.6. The van der Waals surface area contributed by atoms with E-state index >= 15 is 0 Å². The number of carbonyl (C=O) groups excluding carboxylic acids is 2. The van der Waals surface area contributed by atoms with E-state index in [4.69, 9.17) is 19.5 Å². The molecule has 28 heavy (non-hydrogen) atoms. The Labute approximate surface area is 162 Å². The zero-order chi connectivity index (χ0) is 20.4. The second-order valence-corrected chi connectivity index (χ2v) is 5.41. The van der Waals surface area contributed by atoms with Gasteiger partial charge in [-0.3, -0.25) is 20.4 Å². The van der Waals surface area contributed by atoms with Gasteiger partial charge in [0.25, 0.3) is 11.8 Å². The van der Waals surface area contributed by atoms with E-state index in [0.29, 0.717) is 22.8 Å². The number of hydrogen-bond donors (Lipinski definition) is 2. The van der Waals surface area contributed by atoms with Gasteiger partial charge in [-0.2, -0.15) is 5.26 Å². The van der Waals surface area contributed by atoms with Gasteiger partial charge in [0.15, 0.2) is 18.1 Å². The smallest absolute Gasteiger partial charge is 0.276 e. The summed E-state index contributed by atoms with van der Waals surface area (Å²) >= 11 is 0. The molecule has 144 valence electrons. The second-order valence-electron chi connectivity index (χ2n) is 5.41. The molecule has 2 N–H and O–H groups in total. The van der Waals surface area contributed by atoms with Crippen LogP contribution in [-0.4, -0.2) is 32.6 Å². The Hall–Kier alpha value is -3.99. The van der Waals surface area contributed by atoms with E-state index in [-0.39, 0.29) is 6.61 Å². The molecule has 0 aliphatic rings. The molecule has 0 fully saturated rings. The molecule has 2 amide bonds. The van der Waals surface area contributed by atoms with Crippen LogP contribution in [0.15, 0.2) is 48.5 Å². The molecule has 8 heteroatoms. The second kappa shape index (κ2) is 10.2. The van der Waals surface area contributed by atoms with Crippen LogP contribution in [0.3, 0.4) is 0 Å². The fourth-order valence-corrected chi connectivity index (χ4v) is 2.11. The number of nitriles is 1. The lowest BCUT2D eigenvalue weighted by molar-refractivity contribution is -0.128. The van der Waals surface area contributed by atoms with E-state index in [1.807, 2.05) is 6.07 Å². The molecule has 2 rings (SSSR count). The zero-order valence-electron chi connectivity index (χ0n) is 15.4. The summed E-state index contributed by atoms with van der Waals surface area (Å²) in [5, 5.41) is 8.72. The normalized spacial score (nSPS) is 10.0. The van der Waals surface area contributed by atoms with Crippen LogP contribution >= 0.6 is 0 Å². The molecule has 2 aromatic rings. The van der Waals surface area contributed by atoms with Gasteiger partial charge in [-0.15, -0.1) is 0 Å². The molecule has 8 nitrogen and oxygen atoms in total. The summed E-state index contributed by atoms with van der Waals surface area (Å²) in [6.45, 7) is -0.286. The fourth-order valence-electron chi connectivity index (χ4n) is 2.11. The first-order chi connectivity index (χ1) is 13.5. The Morgan fingerprint density at radius 1 is 1.04 bits per heavy atom. The van der Waals surface area contributed by atoms with Gasteiger partial charge in [0.05, 0.1) is 25.9 Å². The maximum absolute atomic E-state index is 11.8. The van der Waals surface area contributed by atoms with E-state index in [2.05, 4.69) is 10.9 Å². The standard InChI is InChI=1S/C20H19N3O5/c1-26-17-9-5-14(11-18(17)27-2)6-10-19(24)22-23-20(25)13-28-16-7-3-15(12-21)4-8-16/h3-11H,13H2,1-2H3,(H,22,24)(H,23,25)/b10-6+. The summed E-state index contributed by atoms with van der Waals surface area (Å²) in [6, 6.07) is 13.5. The molecule has 0 heterocycles. The van der Waals surface area contributed by atoms with Crippen molar-refractivity contribution in [3.63, 3.8) is 0 Å². The minimum atomic E-state index is -0.530. The van der Waals surface area contributed by atoms with Gasteiger partial charge in [-0.25, -0.2) is 0 Å². The van der Waals surface area contributed by atoms with Crippen LogP contribution in [-0.2, 0) is 9.59 Å². The average Bonchev–Trinajstić information content (AvgIpc) is 2.74. The van der Waals surface area contributed by atoms with E-state index in [0.717, 1.165) is 5.56 Å². The third kappa shape index (κ3) is 6.07. The van der Waals surface area contributed by atoms with Crippen molar-refractivity contribution in [2.24, 2.45) is 0 Å². The van der Waals surface area contributed by atoms with Crippen LogP contribution in [0, 0.1) is 11.3 Å². The first kappa shape index (κ1) is 20.3. The molecule has 0 atom stereocenters. The lowest BCUT2D eigenvalue weighted by Crippen LogP contribution is -2.43. The summed E-state index contributed by atoms with van der Waals surface area (Å²) in [5.74, 6) is 0.518. The van der Waals surface area contributed by atoms with Crippen LogP contribution in [0.5, 0.6) is 17.2 Å². The van der Waals surface area contributed by atoms with Crippen LogP contribution in [0.2, 0.25) is 0 Å². The van der Waals surface area contributed by atoms with E-state index in [1.54, 1.807) is 48.5 Å². The van der Waals surface area contributed by atoms with Crippen LogP contribution in [0.4, 0.5) is 0 Å². The van der Waals surface area contributed by atoms with Crippen molar-refractivity contribution in [2.75, 3.05) is 20.8 Å². The van der Waals surface area contributed by atoms with Crippen LogP contribution in [0.1, 0.15) is 11.1 Å². The Morgan fingerprint density at radius 2 is 1.75 bits per heavy atom. The van der Waals surface area contributed by atoms with Crippen molar-refractivity contribution in [3.8, 4) is 23.3 Å². The quantitative estimate of drug-likeness (QED) is 0.559. The largest absolute Gasteiger partial charge is 0.493 e. The molecule has 0 radical (unpaired) electrons. The summed E-state index contributed by atoms with van der Waals surface area (Å²) in [7, 11) is 3.06. The zero-order valence-corrected chi connectivity index (χ0v) is 15.4. The number of ether oxygens (including phenoxy) is 3. The maximum Gasteiger partial charge on any atom is 0.276 e. The van der Waals surface area contributed by atoms with Gasteiger partial charge >= 0.3 is 0 Å². The van der Waals surface area contributed by atoms with Gasteiger partial charge in [0.2, 0.25) is 0 Å². The van der Waals surface area contributed by atoms with E-state index in [9.17, 15) is 9.59 Å².